The first-order valence-electron chi connectivity index (χ1n) is 12.4. The van der Waals surface area contributed by atoms with Gasteiger partial charge in [-0.15, -0.1) is 0 Å². The molecule has 0 saturated carbocycles. The molecule has 0 radical (unpaired) electrons. The predicted molar refractivity (Wildman–Crippen MR) is 157 cm³/mol. The maximum atomic E-state index is 11.7. The second kappa shape index (κ2) is 14.2. The number of hydrogen-bond donors (Lipinski definition) is 1. The molecular formula is C30H24Cl2N4O6. The van der Waals surface area contributed by atoms with Gasteiger partial charge in [0, 0.05) is 41.9 Å². The lowest BCUT2D eigenvalue weighted by atomic mass is 10.1. The number of carbonyl (C=O) groups is 3. The van der Waals surface area contributed by atoms with Crippen LogP contribution in [0.15, 0.2) is 83.8 Å². The first kappa shape index (κ1) is 30.2. The topological polar surface area (TPSA) is 134 Å². The van der Waals surface area contributed by atoms with Gasteiger partial charge >= 0.3 is 11.9 Å². The van der Waals surface area contributed by atoms with Crippen LogP contribution < -0.4 is 5.32 Å². The van der Waals surface area contributed by atoms with E-state index in [1.54, 1.807) is 18.5 Å². The van der Waals surface area contributed by atoms with Crippen LogP contribution in [0.5, 0.6) is 0 Å². The molecule has 3 aromatic heterocycles. The van der Waals surface area contributed by atoms with Gasteiger partial charge in [-0.2, -0.15) is 0 Å². The van der Waals surface area contributed by atoms with Crippen molar-refractivity contribution < 1.29 is 28.3 Å². The Hall–Kier alpha value is -4.80. The number of oxazole rings is 1. The number of esters is 2. The number of rotatable bonds is 7. The van der Waals surface area contributed by atoms with E-state index in [2.05, 4.69) is 29.7 Å². The van der Waals surface area contributed by atoms with Crippen molar-refractivity contribution in [1.29, 1.82) is 0 Å². The lowest BCUT2D eigenvalue weighted by molar-refractivity contribution is -0.134. The van der Waals surface area contributed by atoms with Gasteiger partial charge in [0.15, 0.2) is 5.89 Å². The summed E-state index contributed by atoms with van der Waals surface area (Å²) >= 11 is 11.8. The van der Waals surface area contributed by atoms with E-state index in [4.69, 9.17) is 27.6 Å². The summed E-state index contributed by atoms with van der Waals surface area (Å²) < 4.78 is 14.3. The number of halogens is 2. The van der Waals surface area contributed by atoms with Crippen LogP contribution in [0.4, 0.5) is 0 Å². The largest absolute Gasteiger partial charge is 0.466 e. The maximum absolute atomic E-state index is 11.7. The zero-order valence-corrected chi connectivity index (χ0v) is 24.0. The van der Waals surface area contributed by atoms with Gasteiger partial charge in [0.2, 0.25) is 11.7 Å². The molecule has 214 valence electrons. The summed E-state index contributed by atoms with van der Waals surface area (Å²) in [6.45, 7) is 0. The zero-order chi connectivity index (χ0) is 30.1. The monoisotopic (exact) mass is 606 g/mol. The molecule has 1 amide bonds. The Labute approximate surface area is 250 Å². The van der Waals surface area contributed by atoms with Gasteiger partial charge < -0.3 is 19.2 Å². The molecule has 1 N–H and O–H groups in total. The van der Waals surface area contributed by atoms with Crippen LogP contribution in [0.3, 0.4) is 0 Å². The third kappa shape index (κ3) is 8.35. The molecule has 0 atom stereocenters. The summed E-state index contributed by atoms with van der Waals surface area (Å²) in [6.07, 6.45) is 7.61. The van der Waals surface area contributed by atoms with E-state index in [9.17, 15) is 14.4 Å². The fourth-order valence-corrected chi connectivity index (χ4v) is 4.13. The van der Waals surface area contributed by atoms with Crippen molar-refractivity contribution in [3.63, 3.8) is 0 Å². The maximum Gasteiger partial charge on any atom is 0.375 e. The Morgan fingerprint density at radius 1 is 0.833 bits per heavy atom. The summed E-state index contributed by atoms with van der Waals surface area (Å²) in [4.78, 5) is 46.4. The van der Waals surface area contributed by atoms with Crippen LogP contribution in [0, 0.1) is 0 Å². The van der Waals surface area contributed by atoms with E-state index < -0.39 is 11.9 Å². The van der Waals surface area contributed by atoms with Crippen LogP contribution in [-0.2, 0) is 31.9 Å². The third-order valence-corrected chi connectivity index (χ3v) is 6.16. The minimum absolute atomic E-state index is 0.0954. The number of ether oxygens (including phenoxy) is 2. The SMILES string of the molecule is COC(=O)/C=C\NC(=O)Cc1ccc2ncc(Cl)cc2c1.COC(=O)c1cnc(Cc2ccc3ncc(Cl)cc3c2)o1. The molecule has 0 aliphatic heterocycles. The van der Waals surface area contributed by atoms with Crippen LogP contribution in [0.2, 0.25) is 10.0 Å². The van der Waals surface area contributed by atoms with E-state index in [1.807, 2.05) is 42.5 Å². The minimum atomic E-state index is -0.539. The molecule has 0 saturated heterocycles. The summed E-state index contributed by atoms with van der Waals surface area (Å²) in [5, 5.41) is 5.44. The molecule has 3 heterocycles. The molecule has 10 nitrogen and oxygen atoms in total. The number of pyridine rings is 2. The molecule has 0 fully saturated rings. The third-order valence-electron chi connectivity index (χ3n) is 5.75. The van der Waals surface area contributed by atoms with Crippen LogP contribution in [0.1, 0.15) is 27.6 Å². The van der Waals surface area contributed by atoms with E-state index in [1.165, 1.54) is 26.6 Å². The number of benzene rings is 2. The number of hydrogen-bond acceptors (Lipinski definition) is 9. The van der Waals surface area contributed by atoms with Crippen molar-refractivity contribution in [1.82, 2.24) is 20.3 Å². The molecule has 5 rings (SSSR count). The normalized spacial score (nSPS) is 10.8. The average molecular weight is 607 g/mol. The van der Waals surface area contributed by atoms with E-state index in [0.29, 0.717) is 22.4 Å². The highest BCUT2D eigenvalue weighted by atomic mass is 35.5. The van der Waals surface area contributed by atoms with Crippen molar-refractivity contribution in [2.75, 3.05) is 14.2 Å². The van der Waals surface area contributed by atoms with Gasteiger partial charge in [0.25, 0.3) is 0 Å². The Morgan fingerprint density at radius 3 is 2.07 bits per heavy atom. The number of nitrogens with zero attached hydrogens (tertiary/aromatic N) is 3. The van der Waals surface area contributed by atoms with Gasteiger partial charge in [0.05, 0.1) is 47.9 Å². The van der Waals surface area contributed by atoms with Gasteiger partial charge in [-0.05, 0) is 47.5 Å². The number of carbonyl (C=O) groups excluding carboxylic acids is 3. The molecule has 2 aromatic carbocycles. The van der Waals surface area contributed by atoms with Crippen molar-refractivity contribution in [2.24, 2.45) is 0 Å². The second-order valence-corrected chi connectivity index (χ2v) is 9.62. The molecule has 5 aromatic rings. The number of amides is 1. The molecule has 42 heavy (non-hydrogen) atoms. The minimum Gasteiger partial charge on any atom is -0.466 e. The van der Waals surface area contributed by atoms with Crippen LogP contribution in [0.25, 0.3) is 21.8 Å². The fourth-order valence-electron chi connectivity index (χ4n) is 3.80. The molecule has 0 spiro atoms. The lowest BCUT2D eigenvalue weighted by Gasteiger charge is -2.03. The number of fused-ring (bicyclic) bond motifs is 2. The van der Waals surface area contributed by atoms with E-state index in [-0.39, 0.29) is 18.1 Å². The summed E-state index contributed by atoms with van der Waals surface area (Å²) in [7, 11) is 2.56. The smallest absolute Gasteiger partial charge is 0.375 e. The van der Waals surface area contributed by atoms with E-state index in [0.717, 1.165) is 39.0 Å². The van der Waals surface area contributed by atoms with Crippen LogP contribution >= 0.6 is 23.2 Å². The highest BCUT2D eigenvalue weighted by Crippen LogP contribution is 2.21. The Kier molecular flexibility index (Phi) is 10.2. The van der Waals surface area contributed by atoms with Crippen LogP contribution in [-0.4, -0.2) is 47.0 Å². The summed E-state index contributed by atoms with van der Waals surface area (Å²) in [5.74, 6) is -0.753. The zero-order valence-electron chi connectivity index (χ0n) is 22.5. The fraction of sp³-hybridized carbons (Fsp3) is 0.133. The van der Waals surface area contributed by atoms with Crippen molar-refractivity contribution >= 4 is 62.9 Å². The molecule has 0 unspecified atom stereocenters. The Balaban J connectivity index is 0.000000193. The molecule has 0 aliphatic rings. The number of methoxy groups -OCH3 is 2. The molecule has 0 bridgehead atoms. The first-order valence-corrected chi connectivity index (χ1v) is 13.1. The molecule has 0 aliphatic carbocycles. The summed E-state index contributed by atoms with van der Waals surface area (Å²) in [6, 6.07) is 15.0. The highest BCUT2D eigenvalue weighted by Gasteiger charge is 2.13. The first-order chi connectivity index (χ1) is 20.2. The van der Waals surface area contributed by atoms with Gasteiger partial charge in [-0.25, -0.2) is 14.6 Å². The van der Waals surface area contributed by atoms with Gasteiger partial charge in [-0.3, -0.25) is 14.8 Å². The lowest BCUT2D eigenvalue weighted by Crippen LogP contribution is -2.19. The number of aromatic nitrogens is 3. The second-order valence-electron chi connectivity index (χ2n) is 8.75. The molecular weight excluding hydrogens is 583 g/mol. The van der Waals surface area contributed by atoms with Gasteiger partial charge in [-0.1, -0.05) is 35.3 Å². The van der Waals surface area contributed by atoms with Crippen molar-refractivity contribution in [3.8, 4) is 0 Å². The van der Waals surface area contributed by atoms with Crippen molar-refractivity contribution in [3.05, 3.63) is 112 Å². The quantitative estimate of drug-likeness (QED) is 0.188. The Morgan fingerprint density at radius 2 is 1.45 bits per heavy atom. The van der Waals surface area contributed by atoms with Crippen molar-refractivity contribution in [2.45, 2.75) is 12.8 Å². The Bertz CT molecular complexity index is 1790. The highest BCUT2D eigenvalue weighted by molar-refractivity contribution is 6.31. The molecule has 12 heteroatoms. The summed E-state index contributed by atoms with van der Waals surface area (Å²) in [5.41, 5.74) is 3.50. The standard InChI is InChI=1S/C15H11ClN2O3.C15H13ClN2O3/c1-20-15(19)13-8-18-14(21-13)5-9-2-3-12-10(4-9)6-11(16)7-17-12;1-21-15(20)4-5-17-14(19)7-10-2-3-13-11(6-10)8-12(16)9-18-13/h2-4,6-8H,5H2,1H3;2-6,8-9H,7H2,1H3,(H,17,19)/b;5-4-. The number of nitrogens with one attached hydrogen (secondary N) is 1. The van der Waals surface area contributed by atoms with Gasteiger partial charge in [0.1, 0.15) is 0 Å². The predicted octanol–water partition coefficient (Wildman–Crippen LogP) is 5.49. The average Bonchev–Trinajstić information content (AvgIpc) is 3.45. The van der Waals surface area contributed by atoms with E-state index >= 15 is 0 Å².